The molecule has 0 fully saturated rings. The molecule has 0 atom stereocenters. The zero-order valence-electron chi connectivity index (χ0n) is 21.8. The Labute approximate surface area is 232 Å². The van der Waals surface area contributed by atoms with E-state index in [2.05, 4.69) is 144 Å². The van der Waals surface area contributed by atoms with Crippen LogP contribution in [0.5, 0.6) is 0 Å². The van der Waals surface area contributed by atoms with Crippen molar-refractivity contribution in [1.29, 1.82) is 0 Å². The van der Waals surface area contributed by atoms with Crippen LogP contribution in [0.3, 0.4) is 0 Å². The molecule has 1 heterocycles. The average Bonchev–Trinajstić information content (AvgIpc) is 3.41. The van der Waals surface area contributed by atoms with E-state index in [1.807, 2.05) is 12.1 Å². The highest BCUT2D eigenvalue weighted by molar-refractivity contribution is 6.19. The molecule has 0 radical (unpaired) electrons. The first kappa shape index (κ1) is 22.6. The van der Waals surface area contributed by atoms with Gasteiger partial charge in [-0.25, -0.2) is 0 Å². The minimum Gasteiger partial charge on any atom is -0.455 e. The number of furan rings is 1. The molecule has 188 valence electrons. The second-order valence-corrected chi connectivity index (χ2v) is 10.2. The summed E-state index contributed by atoms with van der Waals surface area (Å²) in [7, 11) is 0. The Morgan fingerprint density at radius 2 is 1.02 bits per heavy atom. The fourth-order valence-electron chi connectivity index (χ4n) is 5.89. The molecule has 0 amide bonds. The summed E-state index contributed by atoms with van der Waals surface area (Å²) < 4.78 is 6.39. The van der Waals surface area contributed by atoms with Crippen molar-refractivity contribution in [2.24, 2.45) is 0 Å². The summed E-state index contributed by atoms with van der Waals surface area (Å²) in [5, 5.41) is 7.02. The fraction of sp³-hybridized carbons (Fsp3) is 0. The molecule has 0 saturated carbocycles. The van der Waals surface area contributed by atoms with E-state index in [0.29, 0.717) is 0 Å². The third kappa shape index (κ3) is 3.65. The average molecular weight is 512 g/mol. The van der Waals surface area contributed by atoms with E-state index in [0.717, 1.165) is 49.8 Å². The summed E-state index contributed by atoms with van der Waals surface area (Å²) in [6, 6.07) is 53.8. The molecule has 0 aliphatic heterocycles. The van der Waals surface area contributed by atoms with E-state index >= 15 is 0 Å². The number of anilines is 3. The van der Waals surface area contributed by atoms with Gasteiger partial charge in [-0.3, -0.25) is 0 Å². The molecule has 0 N–H and O–H groups in total. The predicted octanol–water partition coefficient (Wildman–Crippen LogP) is 11.0. The number of hydrogen-bond donors (Lipinski definition) is 0. The molecule has 8 aromatic rings. The van der Waals surface area contributed by atoms with E-state index in [4.69, 9.17) is 4.42 Å². The zero-order valence-corrected chi connectivity index (χ0v) is 21.8. The van der Waals surface area contributed by atoms with Gasteiger partial charge in [0.25, 0.3) is 0 Å². The molecular weight excluding hydrogens is 486 g/mol. The van der Waals surface area contributed by atoms with E-state index in [-0.39, 0.29) is 0 Å². The van der Waals surface area contributed by atoms with Crippen molar-refractivity contribution in [3.05, 3.63) is 152 Å². The van der Waals surface area contributed by atoms with Crippen LogP contribution in [0.15, 0.2) is 156 Å². The first-order chi connectivity index (χ1) is 19.8. The maximum Gasteiger partial charge on any atom is 0.143 e. The summed E-state index contributed by atoms with van der Waals surface area (Å²) >= 11 is 0. The topological polar surface area (TPSA) is 16.4 Å². The van der Waals surface area contributed by atoms with Gasteiger partial charge in [-0.1, -0.05) is 109 Å². The SMILES string of the molecule is c1ccc(N(c2ccc(-c3ccc4ccccc4c3)cc2)c2cc3c4ccccc4oc3c3ccccc23)cc1. The van der Waals surface area contributed by atoms with Gasteiger partial charge in [-0.05, 0) is 64.4 Å². The fourth-order valence-corrected chi connectivity index (χ4v) is 5.89. The molecule has 0 bridgehead atoms. The number of hydrogen-bond acceptors (Lipinski definition) is 2. The number of para-hydroxylation sites is 2. The van der Waals surface area contributed by atoms with Crippen molar-refractivity contribution in [3.63, 3.8) is 0 Å². The molecule has 2 nitrogen and oxygen atoms in total. The largest absolute Gasteiger partial charge is 0.455 e. The molecule has 40 heavy (non-hydrogen) atoms. The standard InChI is InChI=1S/C38H25NO/c1-2-12-30(13-3-1)39(31-22-20-27(21-23-31)29-19-18-26-10-4-5-11-28(26)24-29)36-25-35-33-15-8-9-17-37(33)40-38(35)34-16-7-6-14-32(34)36/h1-25H. The van der Waals surface area contributed by atoms with Crippen molar-refractivity contribution in [2.75, 3.05) is 4.90 Å². The quantitative estimate of drug-likeness (QED) is 0.234. The van der Waals surface area contributed by atoms with Crippen LogP contribution < -0.4 is 4.90 Å². The minimum absolute atomic E-state index is 0.908. The molecule has 0 unspecified atom stereocenters. The van der Waals surface area contributed by atoms with Crippen LogP contribution >= 0.6 is 0 Å². The second kappa shape index (κ2) is 9.14. The summed E-state index contributed by atoms with van der Waals surface area (Å²) in [6.45, 7) is 0. The van der Waals surface area contributed by atoms with Gasteiger partial charge < -0.3 is 9.32 Å². The Morgan fingerprint density at radius 1 is 0.400 bits per heavy atom. The molecule has 0 aliphatic carbocycles. The van der Waals surface area contributed by atoms with E-state index in [1.165, 1.54) is 21.9 Å². The highest BCUT2D eigenvalue weighted by Gasteiger charge is 2.20. The molecule has 0 spiro atoms. The highest BCUT2D eigenvalue weighted by atomic mass is 16.3. The van der Waals surface area contributed by atoms with Gasteiger partial charge in [0, 0.05) is 32.9 Å². The van der Waals surface area contributed by atoms with Gasteiger partial charge >= 0.3 is 0 Å². The lowest BCUT2D eigenvalue weighted by molar-refractivity contribution is 0.672. The molecule has 1 aromatic heterocycles. The highest BCUT2D eigenvalue weighted by Crippen LogP contribution is 2.44. The molecule has 0 aliphatic rings. The van der Waals surface area contributed by atoms with Crippen molar-refractivity contribution in [1.82, 2.24) is 0 Å². The van der Waals surface area contributed by atoms with Crippen LogP contribution in [0, 0.1) is 0 Å². The lowest BCUT2D eigenvalue weighted by atomic mass is 10.00. The monoisotopic (exact) mass is 511 g/mol. The number of benzene rings is 7. The Morgan fingerprint density at radius 3 is 1.85 bits per heavy atom. The third-order valence-electron chi connectivity index (χ3n) is 7.83. The van der Waals surface area contributed by atoms with E-state index in [9.17, 15) is 0 Å². The van der Waals surface area contributed by atoms with Gasteiger partial charge in [-0.15, -0.1) is 0 Å². The van der Waals surface area contributed by atoms with Crippen LogP contribution in [0.1, 0.15) is 0 Å². The summed E-state index contributed by atoms with van der Waals surface area (Å²) in [5.74, 6) is 0. The van der Waals surface area contributed by atoms with Crippen molar-refractivity contribution < 1.29 is 4.42 Å². The molecular formula is C38H25NO. The number of rotatable bonds is 4. The lowest BCUT2D eigenvalue weighted by Gasteiger charge is -2.27. The first-order valence-electron chi connectivity index (χ1n) is 13.6. The van der Waals surface area contributed by atoms with Crippen LogP contribution in [0.2, 0.25) is 0 Å². The van der Waals surface area contributed by atoms with Gasteiger partial charge in [-0.2, -0.15) is 0 Å². The van der Waals surface area contributed by atoms with Crippen LogP contribution in [-0.4, -0.2) is 0 Å². The number of fused-ring (bicyclic) bond motifs is 6. The summed E-state index contributed by atoms with van der Waals surface area (Å²) in [4.78, 5) is 2.35. The van der Waals surface area contributed by atoms with Crippen molar-refractivity contribution in [2.45, 2.75) is 0 Å². The van der Waals surface area contributed by atoms with Crippen LogP contribution in [0.4, 0.5) is 17.1 Å². The number of nitrogens with zero attached hydrogens (tertiary/aromatic N) is 1. The Kier molecular flexibility index (Phi) is 5.17. The van der Waals surface area contributed by atoms with Gasteiger partial charge in [0.15, 0.2) is 0 Å². The van der Waals surface area contributed by atoms with E-state index < -0.39 is 0 Å². The van der Waals surface area contributed by atoms with E-state index in [1.54, 1.807) is 0 Å². The molecule has 0 saturated heterocycles. The second-order valence-electron chi connectivity index (χ2n) is 10.2. The minimum atomic E-state index is 0.908. The Balaban J connectivity index is 1.33. The van der Waals surface area contributed by atoms with Gasteiger partial charge in [0.1, 0.15) is 11.2 Å². The molecule has 7 aromatic carbocycles. The predicted molar refractivity (Wildman–Crippen MR) is 169 cm³/mol. The first-order valence-corrected chi connectivity index (χ1v) is 13.6. The van der Waals surface area contributed by atoms with Gasteiger partial charge in [0.05, 0.1) is 5.69 Å². The maximum absolute atomic E-state index is 6.39. The summed E-state index contributed by atoms with van der Waals surface area (Å²) in [5.41, 5.74) is 7.59. The lowest BCUT2D eigenvalue weighted by Crippen LogP contribution is -2.10. The van der Waals surface area contributed by atoms with Gasteiger partial charge in [0.2, 0.25) is 0 Å². The Bertz CT molecular complexity index is 2160. The maximum atomic E-state index is 6.39. The third-order valence-corrected chi connectivity index (χ3v) is 7.83. The van der Waals surface area contributed by atoms with Crippen molar-refractivity contribution >= 4 is 60.5 Å². The summed E-state index contributed by atoms with van der Waals surface area (Å²) in [6.07, 6.45) is 0. The zero-order chi connectivity index (χ0) is 26.5. The Hall–Kier alpha value is -5.34. The smallest absolute Gasteiger partial charge is 0.143 e. The normalized spacial score (nSPS) is 11.5. The molecule has 2 heteroatoms. The molecule has 8 rings (SSSR count). The van der Waals surface area contributed by atoms with Crippen LogP contribution in [0.25, 0.3) is 54.6 Å². The van der Waals surface area contributed by atoms with Crippen LogP contribution in [-0.2, 0) is 0 Å². The van der Waals surface area contributed by atoms with Crippen molar-refractivity contribution in [3.8, 4) is 11.1 Å².